The predicted molar refractivity (Wildman–Crippen MR) is 94.3 cm³/mol. The van der Waals surface area contributed by atoms with Gasteiger partial charge in [0.2, 0.25) is 0 Å². The first kappa shape index (κ1) is 23.0. The topological polar surface area (TPSA) is 83.0 Å². The molecule has 1 heterocycles. The molecule has 0 unspecified atom stereocenters. The van der Waals surface area contributed by atoms with Crippen LogP contribution in [0.5, 0.6) is 0 Å². The quantitative estimate of drug-likeness (QED) is 0.499. The van der Waals surface area contributed by atoms with E-state index in [1.807, 2.05) is 20.8 Å². The van der Waals surface area contributed by atoms with Crippen LogP contribution in [0.3, 0.4) is 0 Å². The second kappa shape index (κ2) is 9.23. The van der Waals surface area contributed by atoms with Crippen LogP contribution in [0.4, 0.5) is 13.2 Å². The first-order valence-electron chi connectivity index (χ1n) is 8.56. The summed E-state index contributed by atoms with van der Waals surface area (Å²) in [5, 5.41) is 6.26. The third-order valence-corrected chi connectivity index (χ3v) is 5.91. The van der Waals surface area contributed by atoms with Crippen molar-refractivity contribution < 1.29 is 26.3 Å². The number of halogens is 3. The summed E-state index contributed by atoms with van der Waals surface area (Å²) < 4.78 is 66.4. The van der Waals surface area contributed by atoms with E-state index in [2.05, 4.69) is 15.6 Å². The van der Waals surface area contributed by atoms with Crippen molar-refractivity contribution in [3.05, 3.63) is 0 Å². The van der Waals surface area contributed by atoms with Crippen molar-refractivity contribution in [3.8, 4) is 0 Å². The number of aliphatic imine (C=N–C) groups is 1. The van der Waals surface area contributed by atoms with Crippen molar-refractivity contribution >= 4 is 16.0 Å². The van der Waals surface area contributed by atoms with E-state index in [-0.39, 0.29) is 19.0 Å². The molecule has 0 saturated carbocycles. The van der Waals surface area contributed by atoms with E-state index in [9.17, 15) is 21.6 Å². The van der Waals surface area contributed by atoms with Crippen molar-refractivity contribution in [2.45, 2.75) is 44.7 Å². The number of rotatable bonds is 7. The number of guanidine groups is 1. The molecule has 0 radical (unpaired) electrons. The fourth-order valence-electron chi connectivity index (χ4n) is 2.42. The van der Waals surface area contributed by atoms with Gasteiger partial charge in [0.05, 0.1) is 12.1 Å². The largest absolute Gasteiger partial charge is 0.511 e. The normalized spacial score (nSPS) is 18.8. The van der Waals surface area contributed by atoms with E-state index in [0.29, 0.717) is 42.7 Å². The van der Waals surface area contributed by atoms with Crippen LogP contribution in [-0.4, -0.2) is 69.6 Å². The number of alkyl halides is 3. The van der Waals surface area contributed by atoms with Gasteiger partial charge in [-0.05, 0) is 39.5 Å². The molecule has 0 aliphatic carbocycles. The fourth-order valence-corrected chi connectivity index (χ4v) is 3.40. The third kappa shape index (κ3) is 6.58. The zero-order chi connectivity index (χ0) is 20.0. The molecule has 26 heavy (non-hydrogen) atoms. The second-order valence-corrected chi connectivity index (χ2v) is 8.76. The SMILES string of the molecule is CCNC(=NCC(C)(C)OC)NCC1CCN(S(=O)(=O)C(F)(F)F)CC1. The molecule has 7 nitrogen and oxygen atoms in total. The Bertz CT molecular complexity index is 571. The Morgan fingerprint density at radius 3 is 2.27 bits per heavy atom. The van der Waals surface area contributed by atoms with Crippen LogP contribution in [0.25, 0.3) is 0 Å². The molecule has 1 saturated heterocycles. The summed E-state index contributed by atoms with van der Waals surface area (Å²) in [4.78, 5) is 4.44. The minimum Gasteiger partial charge on any atom is -0.377 e. The molecular weight excluding hydrogens is 373 g/mol. The summed E-state index contributed by atoms with van der Waals surface area (Å²) in [7, 11) is -3.62. The van der Waals surface area contributed by atoms with Crippen LogP contribution in [0.1, 0.15) is 33.6 Å². The average Bonchev–Trinajstić information content (AvgIpc) is 2.57. The highest BCUT2D eigenvalue weighted by Crippen LogP contribution is 2.30. The molecule has 0 atom stereocenters. The fraction of sp³-hybridized carbons (Fsp3) is 0.933. The Morgan fingerprint density at radius 1 is 1.23 bits per heavy atom. The maximum atomic E-state index is 12.6. The van der Waals surface area contributed by atoms with Crippen LogP contribution in [0.15, 0.2) is 4.99 Å². The van der Waals surface area contributed by atoms with Crippen molar-refractivity contribution in [2.24, 2.45) is 10.9 Å². The van der Waals surface area contributed by atoms with E-state index in [1.165, 1.54) is 0 Å². The summed E-state index contributed by atoms with van der Waals surface area (Å²) in [5.74, 6) is 0.678. The predicted octanol–water partition coefficient (Wildman–Crippen LogP) is 1.53. The molecular formula is C15H29F3N4O3S. The van der Waals surface area contributed by atoms with Gasteiger partial charge in [-0.15, -0.1) is 0 Å². The first-order chi connectivity index (χ1) is 11.9. The highest BCUT2D eigenvalue weighted by Gasteiger charge is 2.50. The monoisotopic (exact) mass is 402 g/mol. The minimum atomic E-state index is -5.24. The third-order valence-electron chi connectivity index (χ3n) is 4.28. The Labute approximate surface area is 153 Å². The number of nitrogens with one attached hydrogen (secondary N) is 2. The zero-order valence-corrected chi connectivity index (χ0v) is 16.5. The number of methoxy groups -OCH3 is 1. The van der Waals surface area contributed by atoms with Crippen molar-refractivity contribution in [1.82, 2.24) is 14.9 Å². The molecule has 11 heteroatoms. The van der Waals surface area contributed by atoms with Crippen LogP contribution >= 0.6 is 0 Å². The Morgan fingerprint density at radius 2 is 1.81 bits per heavy atom. The summed E-state index contributed by atoms with van der Waals surface area (Å²) in [5.41, 5.74) is -5.64. The highest BCUT2D eigenvalue weighted by molar-refractivity contribution is 7.90. The smallest absolute Gasteiger partial charge is 0.377 e. The lowest BCUT2D eigenvalue weighted by molar-refractivity contribution is -0.0496. The van der Waals surface area contributed by atoms with Crippen molar-refractivity contribution in [3.63, 3.8) is 0 Å². The number of ether oxygens (including phenoxy) is 1. The Kier molecular flexibility index (Phi) is 8.15. The molecule has 0 amide bonds. The molecule has 0 aromatic carbocycles. The van der Waals surface area contributed by atoms with E-state index in [4.69, 9.17) is 4.74 Å². The van der Waals surface area contributed by atoms with Crippen molar-refractivity contribution in [1.29, 1.82) is 0 Å². The van der Waals surface area contributed by atoms with Gasteiger partial charge in [-0.25, -0.2) is 8.42 Å². The highest BCUT2D eigenvalue weighted by atomic mass is 32.2. The second-order valence-electron chi connectivity index (χ2n) is 6.83. The first-order valence-corrected chi connectivity index (χ1v) is 10.0. The van der Waals surface area contributed by atoms with Gasteiger partial charge in [-0.3, -0.25) is 4.99 Å². The maximum Gasteiger partial charge on any atom is 0.511 e. The van der Waals surface area contributed by atoms with Gasteiger partial charge in [-0.2, -0.15) is 17.5 Å². The van der Waals surface area contributed by atoms with Gasteiger partial charge >= 0.3 is 15.5 Å². The van der Waals surface area contributed by atoms with Crippen LogP contribution in [-0.2, 0) is 14.8 Å². The lowest BCUT2D eigenvalue weighted by atomic mass is 9.98. The lowest BCUT2D eigenvalue weighted by Gasteiger charge is -2.31. The van der Waals surface area contributed by atoms with Gasteiger partial charge < -0.3 is 15.4 Å². The lowest BCUT2D eigenvalue weighted by Crippen LogP contribution is -2.47. The molecule has 0 aromatic heterocycles. The van der Waals surface area contributed by atoms with Gasteiger partial charge in [0.15, 0.2) is 5.96 Å². The molecule has 0 bridgehead atoms. The summed E-state index contributed by atoms with van der Waals surface area (Å²) in [6.45, 7) is 7.13. The number of piperidine rings is 1. The molecule has 0 aromatic rings. The van der Waals surface area contributed by atoms with Gasteiger partial charge in [-0.1, -0.05) is 0 Å². The maximum absolute atomic E-state index is 12.6. The molecule has 2 N–H and O–H groups in total. The molecule has 1 fully saturated rings. The average molecular weight is 402 g/mol. The van der Waals surface area contributed by atoms with Gasteiger partial charge in [0.25, 0.3) is 0 Å². The molecule has 1 aliphatic heterocycles. The number of nitrogens with zero attached hydrogens (tertiary/aromatic N) is 2. The van der Waals surface area contributed by atoms with Gasteiger partial charge in [0, 0.05) is 33.3 Å². The van der Waals surface area contributed by atoms with E-state index in [1.54, 1.807) is 7.11 Å². The summed E-state index contributed by atoms with van der Waals surface area (Å²) in [6.07, 6.45) is 0.733. The Hall–Kier alpha value is -1.07. The van der Waals surface area contributed by atoms with Gasteiger partial charge in [0.1, 0.15) is 0 Å². The van der Waals surface area contributed by atoms with E-state index >= 15 is 0 Å². The number of hydrogen-bond acceptors (Lipinski definition) is 4. The molecule has 154 valence electrons. The van der Waals surface area contributed by atoms with E-state index in [0.717, 1.165) is 0 Å². The zero-order valence-electron chi connectivity index (χ0n) is 15.7. The van der Waals surface area contributed by atoms with Crippen LogP contribution < -0.4 is 10.6 Å². The summed E-state index contributed by atoms with van der Waals surface area (Å²) in [6, 6.07) is 0. The Balaban J connectivity index is 2.54. The number of sulfonamides is 1. The standard InChI is InChI=1S/C15H29F3N4O3S/c1-5-19-13(21-11-14(2,3)25-4)20-10-12-6-8-22(9-7-12)26(23,24)15(16,17)18/h12H,5-11H2,1-4H3,(H2,19,20,21). The van der Waals surface area contributed by atoms with E-state index < -0.39 is 21.1 Å². The van der Waals surface area contributed by atoms with Crippen LogP contribution in [0.2, 0.25) is 0 Å². The number of hydrogen-bond donors (Lipinski definition) is 2. The molecule has 1 aliphatic rings. The van der Waals surface area contributed by atoms with Crippen molar-refractivity contribution in [2.75, 3.05) is 39.8 Å². The minimum absolute atomic E-state index is 0.0778. The molecule has 0 spiro atoms. The molecule has 1 rings (SSSR count). The van der Waals surface area contributed by atoms with Crippen LogP contribution in [0, 0.1) is 5.92 Å². The summed E-state index contributed by atoms with van der Waals surface area (Å²) >= 11 is 0.